The summed E-state index contributed by atoms with van der Waals surface area (Å²) in [5.41, 5.74) is 2.30. The molecule has 3 nitrogen and oxygen atoms in total. The summed E-state index contributed by atoms with van der Waals surface area (Å²) in [6, 6.07) is 18.7. The van der Waals surface area contributed by atoms with Crippen LogP contribution >= 0.6 is 0 Å². The summed E-state index contributed by atoms with van der Waals surface area (Å²) < 4.78 is 5.47. The first-order chi connectivity index (χ1) is 11.5. The van der Waals surface area contributed by atoms with Crippen molar-refractivity contribution in [2.75, 3.05) is 39.6 Å². The van der Waals surface area contributed by atoms with E-state index in [4.69, 9.17) is 4.74 Å². The molecule has 25 heavy (non-hydrogen) atoms. The van der Waals surface area contributed by atoms with Crippen molar-refractivity contribution >= 4 is 11.8 Å². The van der Waals surface area contributed by atoms with Gasteiger partial charge in [-0.1, -0.05) is 12.1 Å². The molecule has 2 rings (SSSR count). The summed E-state index contributed by atoms with van der Waals surface area (Å²) in [7, 11) is 8.15. The minimum absolute atomic E-state index is 0. The second-order valence-corrected chi connectivity index (χ2v) is 5.80. The molecule has 0 fully saturated rings. The third kappa shape index (κ3) is 11.1. The maximum atomic E-state index is 5.47. The van der Waals surface area contributed by atoms with E-state index in [1.807, 2.05) is 52.5 Å². The van der Waals surface area contributed by atoms with E-state index in [9.17, 15) is 0 Å². The van der Waals surface area contributed by atoms with Crippen LogP contribution < -0.4 is 9.64 Å². The van der Waals surface area contributed by atoms with E-state index in [1.165, 1.54) is 5.69 Å². The molecule has 0 unspecified atom stereocenters. The molecular weight excluding hydrogens is 534 g/mol. The third-order valence-corrected chi connectivity index (χ3v) is 3.16. The second-order valence-electron chi connectivity index (χ2n) is 5.80. The second kappa shape index (κ2) is 14.0. The van der Waals surface area contributed by atoms with Crippen molar-refractivity contribution in [3.63, 3.8) is 0 Å². The van der Waals surface area contributed by atoms with Crippen LogP contribution in [0.2, 0.25) is 0 Å². The first-order valence-electron chi connectivity index (χ1n) is 8.03. The molecule has 0 aliphatic rings. The first-order valence-corrected chi connectivity index (χ1v) is 8.03. The predicted octanol–water partition coefficient (Wildman–Crippen LogP) is 4.37. The molecule has 0 atom stereocenters. The van der Waals surface area contributed by atoms with Gasteiger partial charge in [0.05, 0.1) is 6.26 Å². The average Bonchev–Trinajstić information content (AvgIpc) is 2.57. The van der Waals surface area contributed by atoms with E-state index < -0.39 is 0 Å². The van der Waals surface area contributed by atoms with Gasteiger partial charge in [-0.05, 0) is 44.4 Å². The van der Waals surface area contributed by atoms with Gasteiger partial charge in [0.25, 0.3) is 0 Å². The van der Waals surface area contributed by atoms with Gasteiger partial charge in [0.2, 0.25) is 0 Å². The fourth-order valence-electron chi connectivity index (χ4n) is 1.84. The summed E-state index contributed by atoms with van der Waals surface area (Å²) in [5, 5.41) is 0. The van der Waals surface area contributed by atoms with Crippen LogP contribution in [0.3, 0.4) is 0 Å². The molecule has 132 valence electrons. The van der Waals surface area contributed by atoms with Gasteiger partial charge in [0.15, 0.2) is 0 Å². The monoisotopic (exact) mass is 562 g/mol. The molecule has 0 bridgehead atoms. The van der Waals surface area contributed by atoms with Crippen LogP contribution in [0.25, 0.3) is 6.08 Å². The Hall–Kier alpha value is -1.21. The largest absolute Gasteiger partial charge is 2.00 e. The van der Waals surface area contributed by atoms with Crippen LogP contribution in [0.1, 0.15) is 12.0 Å². The van der Waals surface area contributed by atoms with Gasteiger partial charge in [-0.3, -0.25) is 0 Å². The predicted molar refractivity (Wildman–Crippen MR) is 104 cm³/mol. The van der Waals surface area contributed by atoms with Crippen LogP contribution in [-0.2, 0) is 0 Å². The molecular formula is C21H28N2OU. The minimum Gasteiger partial charge on any atom is -0.523 e. The first kappa shape index (κ1) is 23.8. The smallest absolute Gasteiger partial charge is 0.523 e. The molecule has 0 aromatic heterocycles. The van der Waals surface area contributed by atoms with E-state index >= 15 is 0 Å². The zero-order chi connectivity index (χ0) is 17.8. The van der Waals surface area contributed by atoms with Gasteiger partial charge in [-0.2, -0.15) is 24.6 Å². The molecule has 4 heteroatoms. The standard InChI is InChI=1S/C16H16NO.C5H12N.U/c1-17(2)15-10-8-14(9-11-15)12-13-18-16-6-4-3-5-7-16;1-4-5-6(2)3;/h3-4,6-13H,1-2H3;1,4-5H2,2-3H3;/q2*-1;+2/b13-12+;;. The van der Waals surface area contributed by atoms with Crippen molar-refractivity contribution in [2.45, 2.75) is 6.42 Å². The average molecular weight is 562 g/mol. The Morgan fingerprint density at radius 2 is 1.76 bits per heavy atom. The molecule has 0 heterocycles. The van der Waals surface area contributed by atoms with Crippen molar-refractivity contribution in [2.24, 2.45) is 0 Å². The molecule has 0 amide bonds. The Labute approximate surface area is 177 Å². The van der Waals surface area contributed by atoms with Crippen LogP contribution in [-0.4, -0.2) is 39.6 Å². The summed E-state index contributed by atoms with van der Waals surface area (Å²) in [5.74, 6) is 0.790. The summed E-state index contributed by atoms with van der Waals surface area (Å²) in [4.78, 5) is 4.19. The molecule has 0 saturated heterocycles. The van der Waals surface area contributed by atoms with Crippen LogP contribution in [0.4, 0.5) is 5.69 Å². The van der Waals surface area contributed by atoms with Crippen LogP contribution in [0.5, 0.6) is 5.75 Å². The zero-order valence-electron chi connectivity index (χ0n) is 15.7. The topological polar surface area (TPSA) is 15.7 Å². The van der Waals surface area contributed by atoms with E-state index in [1.54, 1.807) is 12.3 Å². The Kier molecular flexibility index (Phi) is 13.3. The van der Waals surface area contributed by atoms with Gasteiger partial charge >= 0.3 is 31.1 Å². The normalized spacial score (nSPS) is 10.0. The number of rotatable bonds is 6. The molecule has 0 spiro atoms. The summed E-state index contributed by atoms with van der Waals surface area (Å²) >= 11 is 0. The number of hydrogen-bond donors (Lipinski definition) is 0. The summed E-state index contributed by atoms with van der Waals surface area (Å²) in [6.45, 7) is 4.78. The van der Waals surface area contributed by atoms with Gasteiger partial charge in [-0.25, -0.2) is 0 Å². The van der Waals surface area contributed by atoms with Gasteiger partial charge in [-0.15, -0.1) is 12.1 Å². The Bertz CT molecular complexity index is 581. The Balaban J connectivity index is 0.000000715. The fraction of sp³-hybridized carbons (Fsp3) is 0.286. The van der Waals surface area contributed by atoms with Gasteiger partial charge in [0, 0.05) is 25.5 Å². The van der Waals surface area contributed by atoms with E-state index in [0.29, 0.717) is 0 Å². The minimum atomic E-state index is 0. The van der Waals surface area contributed by atoms with Crippen molar-refractivity contribution < 1.29 is 35.9 Å². The maximum absolute atomic E-state index is 5.47. The Morgan fingerprint density at radius 1 is 1.08 bits per heavy atom. The van der Waals surface area contributed by atoms with Crippen molar-refractivity contribution in [3.05, 3.63) is 73.3 Å². The molecule has 0 saturated carbocycles. The number of anilines is 1. The van der Waals surface area contributed by atoms with E-state index in [2.05, 4.69) is 47.1 Å². The molecule has 2 aromatic carbocycles. The quantitative estimate of drug-likeness (QED) is 0.384. The Morgan fingerprint density at radius 3 is 2.20 bits per heavy atom. The molecule has 0 N–H and O–H groups in total. The molecule has 2 aromatic rings. The van der Waals surface area contributed by atoms with Gasteiger partial charge in [0.1, 0.15) is 0 Å². The molecule has 0 aliphatic carbocycles. The molecule has 0 radical (unpaired) electrons. The summed E-state index contributed by atoms with van der Waals surface area (Å²) in [6.07, 6.45) is 4.63. The number of hydrogen-bond acceptors (Lipinski definition) is 3. The maximum Gasteiger partial charge on any atom is 2.00 e. The van der Waals surface area contributed by atoms with Crippen LogP contribution in [0.15, 0.2) is 54.8 Å². The zero-order valence-corrected chi connectivity index (χ0v) is 19.9. The third-order valence-electron chi connectivity index (χ3n) is 3.16. The van der Waals surface area contributed by atoms with E-state index in [0.717, 1.165) is 24.3 Å². The molecule has 0 aliphatic heterocycles. The SMILES string of the molecule is CN(C)c1ccc(/C=C/Oc2c[c-]ccc2)cc1.[CH2-]CCN(C)C.[U+2]. The number of benzene rings is 2. The number of ether oxygens (including phenoxy) is 1. The van der Waals surface area contributed by atoms with Crippen molar-refractivity contribution in [1.82, 2.24) is 4.90 Å². The van der Waals surface area contributed by atoms with E-state index in [-0.39, 0.29) is 31.1 Å². The van der Waals surface area contributed by atoms with Crippen molar-refractivity contribution in [3.8, 4) is 5.75 Å². The van der Waals surface area contributed by atoms with Crippen molar-refractivity contribution in [1.29, 1.82) is 0 Å². The van der Waals surface area contributed by atoms with Crippen LogP contribution in [0, 0.1) is 44.1 Å². The fourth-order valence-corrected chi connectivity index (χ4v) is 1.84. The van der Waals surface area contributed by atoms with Gasteiger partial charge < -0.3 is 21.5 Å². The number of nitrogens with zero attached hydrogens (tertiary/aromatic N) is 2.